The monoisotopic (exact) mass is 354 g/mol. The van der Waals surface area contributed by atoms with E-state index in [4.69, 9.17) is 0 Å². The second-order valence-electron chi connectivity index (χ2n) is 6.26. The number of rotatable bonds is 4. The van der Waals surface area contributed by atoms with Gasteiger partial charge in [-0.1, -0.05) is 35.9 Å². The van der Waals surface area contributed by atoms with Gasteiger partial charge in [0.25, 0.3) is 5.91 Å². The van der Waals surface area contributed by atoms with Gasteiger partial charge in [0.05, 0.1) is 16.8 Å². The number of nitrogens with one attached hydrogen (secondary N) is 2. The van der Waals surface area contributed by atoms with Crippen molar-refractivity contribution < 1.29 is 4.79 Å². The predicted molar refractivity (Wildman–Crippen MR) is 108 cm³/mol. The Morgan fingerprint density at radius 2 is 1.70 bits per heavy atom. The molecule has 0 saturated heterocycles. The topological polar surface area (TPSA) is 66.9 Å². The number of aryl methyl sites for hydroxylation is 1. The van der Waals surface area contributed by atoms with Crippen LogP contribution in [0.5, 0.6) is 0 Å². The highest BCUT2D eigenvalue weighted by Crippen LogP contribution is 2.23. The van der Waals surface area contributed by atoms with E-state index in [0.717, 1.165) is 27.8 Å². The normalized spacial score (nSPS) is 10.6. The number of hydrogen-bond donors (Lipinski definition) is 2. The van der Waals surface area contributed by atoms with Crippen molar-refractivity contribution in [3.05, 3.63) is 90.3 Å². The van der Waals surface area contributed by atoms with Crippen LogP contribution in [0.4, 0.5) is 17.2 Å². The number of para-hydroxylation sites is 1. The lowest BCUT2D eigenvalue weighted by Gasteiger charge is -2.09. The van der Waals surface area contributed by atoms with Gasteiger partial charge in [0.1, 0.15) is 5.82 Å². The number of anilines is 3. The molecule has 0 atom stereocenters. The molecule has 0 radical (unpaired) electrons. The summed E-state index contributed by atoms with van der Waals surface area (Å²) >= 11 is 0. The summed E-state index contributed by atoms with van der Waals surface area (Å²) in [6, 6.07) is 21.1. The fraction of sp³-hybridized carbons (Fsp3) is 0.0455. The second-order valence-corrected chi connectivity index (χ2v) is 6.26. The fourth-order valence-corrected chi connectivity index (χ4v) is 2.79. The zero-order chi connectivity index (χ0) is 18.6. The first kappa shape index (κ1) is 16.7. The van der Waals surface area contributed by atoms with Crippen molar-refractivity contribution in [3.8, 4) is 0 Å². The SMILES string of the molecule is Cc1ccc(NC(=O)c2ccc(Nc3cccc4cccnc34)nc2)cc1. The number of hydrogen-bond acceptors (Lipinski definition) is 4. The van der Waals surface area contributed by atoms with Crippen LogP contribution in [0, 0.1) is 6.92 Å². The first-order chi connectivity index (χ1) is 13.2. The number of nitrogens with zero attached hydrogens (tertiary/aromatic N) is 2. The largest absolute Gasteiger partial charge is 0.338 e. The molecule has 5 nitrogen and oxygen atoms in total. The molecular weight excluding hydrogens is 336 g/mol. The van der Waals surface area contributed by atoms with Crippen LogP contribution in [0.1, 0.15) is 15.9 Å². The minimum atomic E-state index is -0.190. The van der Waals surface area contributed by atoms with Gasteiger partial charge in [-0.2, -0.15) is 0 Å². The Kier molecular flexibility index (Phi) is 4.49. The van der Waals surface area contributed by atoms with E-state index >= 15 is 0 Å². The maximum atomic E-state index is 12.4. The molecule has 5 heteroatoms. The maximum Gasteiger partial charge on any atom is 0.257 e. The summed E-state index contributed by atoms with van der Waals surface area (Å²) < 4.78 is 0. The molecule has 0 unspecified atom stereocenters. The van der Waals surface area contributed by atoms with Crippen molar-refractivity contribution in [1.29, 1.82) is 0 Å². The first-order valence-corrected chi connectivity index (χ1v) is 8.64. The Morgan fingerprint density at radius 1 is 0.889 bits per heavy atom. The molecule has 2 heterocycles. The van der Waals surface area contributed by atoms with Crippen molar-refractivity contribution in [1.82, 2.24) is 9.97 Å². The lowest BCUT2D eigenvalue weighted by molar-refractivity contribution is 0.102. The van der Waals surface area contributed by atoms with Crippen LogP contribution in [-0.4, -0.2) is 15.9 Å². The number of fused-ring (bicyclic) bond motifs is 1. The van der Waals surface area contributed by atoms with Crippen LogP contribution >= 0.6 is 0 Å². The third kappa shape index (κ3) is 3.77. The molecule has 27 heavy (non-hydrogen) atoms. The lowest BCUT2D eigenvalue weighted by atomic mass is 10.2. The van der Waals surface area contributed by atoms with Crippen LogP contribution in [0.3, 0.4) is 0 Å². The van der Waals surface area contributed by atoms with Crippen molar-refractivity contribution in [2.45, 2.75) is 6.92 Å². The number of carbonyl (C=O) groups is 1. The molecule has 0 spiro atoms. The van der Waals surface area contributed by atoms with E-state index in [1.165, 1.54) is 0 Å². The summed E-state index contributed by atoms with van der Waals surface area (Å²) in [6.07, 6.45) is 3.32. The molecular formula is C22H18N4O. The molecule has 4 aromatic rings. The third-order valence-corrected chi connectivity index (χ3v) is 4.23. The predicted octanol–water partition coefficient (Wildman–Crippen LogP) is 4.93. The third-order valence-electron chi connectivity index (χ3n) is 4.23. The zero-order valence-corrected chi connectivity index (χ0v) is 14.8. The lowest BCUT2D eigenvalue weighted by Crippen LogP contribution is -2.12. The molecule has 0 aliphatic heterocycles. The number of benzene rings is 2. The van der Waals surface area contributed by atoms with E-state index in [9.17, 15) is 4.79 Å². The number of aromatic nitrogens is 2. The van der Waals surface area contributed by atoms with Crippen LogP contribution in [-0.2, 0) is 0 Å². The highest BCUT2D eigenvalue weighted by atomic mass is 16.1. The van der Waals surface area contributed by atoms with Crippen LogP contribution in [0.15, 0.2) is 79.1 Å². The molecule has 132 valence electrons. The van der Waals surface area contributed by atoms with Crippen LogP contribution in [0.25, 0.3) is 10.9 Å². The average Bonchev–Trinajstić information content (AvgIpc) is 2.70. The van der Waals surface area contributed by atoms with Gasteiger partial charge in [0.15, 0.2) is 0 Å². The second kappa shape index (κ2) is 7.25. The molecule has 2 aromatic carbocycles. The Labute approximate surface area is 157 Å². The van der Waals surface area contributed by atoms with Crippen molar-refractivity contribution in [2.24, 2.45) is 0 Å². The van der Waals surface area contributed by atoms with Gasteiger partial charge < -0.3 is 10.6 Å². The Hall–Kier alpha value is -3.73. The Morgan fingerprint density at radius 3 is 2.48 bits per heavy atom. The van der Waals surface area contributed by atoms with Gasteiger partial charge >= 0.3 is 0 Å². The summed E-state index contributed by atoms with van der Waals surface area (Å²) in [5.41, 5.74) is 4.15. The van der Waals surface area contributed by atoms with Gasteiger partial charge in [0, 0.05) is 23.5 Å². The highest BCUT2D eigenvalue weighted by Gasteiger charge is 2.08. The van der Waals surface area contributed by atoms with Gasteiger partial charge in [-0.05, 0) is 43.3 Å². The summed E-state index contributed by atoms with van der Waals surface area (Å²) in [5.74, 6) is 0.463. The van der Waals surface area contributed by atoms with Gasteiger partial charge in [-0.15, -0.1) is 0 Å². The first-order valence-electron chi connectivity index (χ1n) is 8.64. The molecule has 0 aliphatic carbocycles. The highest BCUT2D eigenvalue weighted by molar-refractivity contribution is 6.04. The van der Waals surface area contributed by atoms with E-state index in [2.05, 4.69) is 20.6 Å². The maximum absolute atomic E-state index is 12.4. The molecule has 4 rings (SSSR count). The molecule has 1 amide bonds. The number of amides is 1. The number of carbonyl (C=O) groups excluding carboxylic acids is 1. The zero-order valence-electron chi connectivity index (χ0n) is 14.8. The Balaban J connectivity index is 1.50. The van der Waals surface area contributed by atoms with E-state index in [-0.39, 0.29) is 5.91 Å². The molecule has 2 aromatic heterocycles. The molecule has 0 saturated carbocycles. The van der Waals surface area contributed by atoms with Crippen LogP contribution in [0.2, 0.25) is 0 Å². The van der Waals surface area contributed by atoms with Gasteiger partial charge in [-0.25, -0.2) is 4.98 Å². The quantitative estimate of drug-likeness (QED) is 0.545. The summed E-state index contributed by atoms with van der Waals surface area (Å²) in [5, 5.41) is 7.19. The molecule has 0 bridgehead atoms. The van der Waals surface area contributed by atoms with Crippen molar-refractivity contribution in [2.75, 3.05) is 10.6 Å². The molecule has 2 N–H and O–H groups in total. The van der Waals surface area contributed by atoms with Gasteiger partial charge in [0.2, 0.25) is 0 Å². The smallest absolute Gasteiger partial charge is 0.257 e. The summed E-state index contributed by atoms with van der Waals surface area (Å²) in [7, 11) is 0. The minimum Gasteiger partial charge on any atom is -0.338 e. The number of pyridine rings is 2. The minimum absolute atomic E-state index is 0.190. The van der Waals surface area contributed by atoms with Crippen LogP contribution < -0.4 is 10.6 Å². The van der Waals surface area contributed by atoms with E-state index in [1.807, 2.05) is 61.5 Å². The standard InChI is InChI=1S/C22H18N4O/c1-15-7-10-18(11-8-15)25-22(27)17-9-12-20(24-14-17)26-19-6-2-4-16-5-3-13-23-21(16)19/h2-14H,1H3,(H,24,26)(H,25,27). The molecule has 0 fully saturated rings. The fourth-order valence-electron chi connectivity index (χ4n) is 2.79. The average molecular weight is 354 g/mol. The summed E-state index contributed by atoms with van der Waals surface area (Å²) in [6.45, 7) is 2.01. The van der Waals surface area contributed by atoms with Crippen molar-refractivity contribution >= 4 is 34.0 Å². The summed E-state index contributed by atoms with van der Waals surface area (Å²) in [4.78, 5) is 21.1. The van der Waals surface area contributed by atoms with E-state index < -0.39 is 0 Å². The van der Waals surface area contributed by atoms with Crippen molar-refractivity contribution in [3.63, 3.8) is 0 Å². The van der Waals surface area contributed by atoms with E-state index in [1.54, 1.807) is 24.5 Å². The Bertz CT molecular complexity index is 1080. The molecule has 0 aliphatic rings. The van der Waals surface area contributed by atoms with E-state index in [0.29, 0.717) is 11.4 Å². The van der Waals surface area contributed by atoms with Gasteiger partial charge in [-0.3, -0.25) is 9.78 Å².